The maximum Gasteiger partial charge on any atom is 0.340 e. The first-order chi connectivity index (χ1) is 10.2. The number of aromatic amines is 1. The normalized spacial score (nSPS) is 10.9. The van der Waals surface area contributed by atoms with Gasteiger partial charge < -0.3 is 15.5 Å². The number of unbranched alkanes of at least 4 members (excludes halogenated alkanes) is 5. The summed E-state index contributed by atoms with van der Waals surface area (Å²) >= 11 is 0. The number of hydrogen-bond donors (Lipinski definition) is 2. The molecular weight excluding hydrogens is 264 g/mol. The molecule has 3 N–H and O–H groups in total. The summed E-state index contributed by atoms with van der Waals surface area (Å²) < 4.78 is 5.34. The number of aromatic nitrogens is 1. The van der Waals surface area contributed by atoms with Gasteiger partial charge >= 0.3 is 5.97 Å². The fraction of sp³-hybridized carbons (Fsp3) is 0.471. The molecule has 0 bridgehead atoms. The van der Waals surface area contributed by atoms with Crippen LogP contribution in [0, 0.1) is 0 Å². The molecule has 4 heteroatoms. The fourth-order valence-electron chi connectivity index (χ4n) is 2.44. The number of nitrogens with two attached hydrogens (primary N) is 1. The summed E-state index contributed by atoms with van der Waals surface area (Å²) in [7, 11) is 0. The second-order valence-corrected chi connectivity index (χ2v) is 5.41. The van der Waals surface area contributed by atoms with Gasteiger partial charge in [-0.25, -0.2) is 4.79 Å². The highest BCUT2D eigenvalue weighted by atomic mass is 16.5. The Bertz CT molecular complexity index is 589. The van der Waals surface area contributed by atoms with E-state index >= 15 is 0 Å². The molecule has 0 amide bonds. The van der Waals surface area contributed by atoms with Gasteiger partial charge in [-0.05, 0) is 24.6 Å². The van der Waals surface area contributed by atoms with E-state index in [1.807, 2.05) is 12.1 Å². The second kappa shape index (κ2) is 7.72. The molecule has 1 aromatic heterocycles. The number of H-pyrrole nitrogens is 1. The molecule has 1 aromatic carbocycles. The summed E-state index contributed by atoms with van der Waals surface area (Å²) in [5.74, 6) is -0.264. The van der Waals surface area contributed by atoms with Crippen molar-refractivity contribution in [1.82, 2.24) is 4.98 Å². The van der Waals surface area contributed by atoms with Crippen molar-refractivity contribution >= 4 is 22.6 Å². The van der Waals surface area contributed by atoms with Crippen LogP contribution < -0.4 is 5.73 Å². The van der Waals surface area contributed by atoms with E-state index in [1.165, 1.54) is 25.7 Å². The van der Waals surface area contributed by atoms with Crippen molar-refractivity contribution in [3.05, 3.63) is 30.0 Å². The van der Waals surface area contributed by atoms with E-state index in [0.29, 0.717) is 17.9 Å². The molecular formula is C17H24N2O2. The number of hydrogen-bond acceptors (Lipinski definition) is 3. The number of esters is 1. The minimum Gasteiger partial charge on any atom is -0.462 e. The first kappa shape index (κ1) is 15.4. The highest BCUT2D eigenvalue weighted by molar-refractivity contribution is 6.04. The van der Waals surface area contributed by atoms with Crippen LogP contribution >= 0.6 is 0 Å². The molecule has 0 radical (unpaired) electrons. The molecule has 1 heterocycles. The molecule has 2 aromatic rings. The minimum absolute atomic E-state index is 0.264. The Kier molecular flexibility index (Phi) is 5.67. The topological polar surface area (TPSA) is 68.1 Å². The third-order valence-electron chi connectivity index (χ3n) is 3.66. The zero-order valence-corrected chi connectivity index (χ0v) is 12.7. The maximum atomic E-state index is 12.1. The van der Waals surface area contributed by atoms with Crippen molar-refractivity contribution in [3.63, 3.8) is 0 Å². The van der Waals surface area contributed by atoms with Crippen molar-refractivity contribution < 1.29 is 9.53 Å². The van der Waals surface area contributed by atoms with Crippen LogP contribution in [0.2, 0.25) is 0 Å². The number of benzene rings is 1. The quantitative estimate of drug-likeness (QED) is 0.433. The van der Waals surface area contributed by atoms with Gasteiger partial charge in [-0.3, -0.25) is 0 Å². The van der Waals surface area contributed by atoms with E-state index in [-0.39, 0.29) is 5.97 Å². The Hall–Kier alpha value is -1.97. The minimum atomic E-state index is -0.264. The average Bonchev–Trinajstić information content (AvgIpc) is 2.89. The second-order valence-electron chi connectivity index (χ2n) is 5.41. The van der Waals surface area contributed by atoms with Crippen molar-refractivity contribution in [2.75, 3.05) is 12.3 Å². The Morgan fingerprint density at radius 3 is 2.76 bits per heavy atom. The molecule has 114 valence electrons. The van der Waals surface area contributed by atoms with Gasteiger partial charge in [-0.15, -0.1) is 0 Å². The van der Waals surface area contributed by atoms with Gasteiger partial charge in [0.2, 0.25) is 0 Å². The van der Waals surface area contributed by atoms with Gasteiger partial charge in [0.05, 0.1) is 12.2 Å². The van der Waals surface area contributed by atoms with Crippen LogP contribution in [0.15, 0.2) is 24.4 Å². The summed E-state index contributed by atoms with van der Waals surface area (Å²) in [5.41, 5.74) is 7.84. The van der Waals surface area contributed by atoms with Crippen LogP contribution in [-0.4, -0.2) is 17.6 Å². The number of carbonyl (C=O) groups excluding carboxylic acids is 1. The molecule has 0 saturated carbocycles. The maximum absolute atomic E-state index is 12.1. The molecule has 21 heavy (non-hydrogen) atoms. The molecule has 0 saturated heterocycles. The van der Waals surface area contributed by atoms with E-state index in [2.05, 4.69) is 11.9 Å². The first-order valence-corrected chi connectivity index (χ1v) is 7.76. The number of ether oxygens (including phenoxy) is 1. The Morgan fingerprint density at radius 2 is 1.95 bits per heavy atom. The van der Waals surface area contributed by atoms with Crippen LogP contribution in [0.3, 0.4) is 0 Å². The molecule has 0 aliphatic rings. The number of anilines is 1. The number of carbonyl (C=O) groups is 1. The smallest absolute Gasteiger partial charge is 0.340 e. The molecule has 0 aliphatic carbocycles. The molecule has 0 fully saturated rings. The summed E-state index contributed by atoms with van der Waals surface area (Å²) in [5, 5.41) is 0.858. The number of rotatable bonds is 8. The summed E-state index contributed by atoms with van der Waals surface area (Å²) in [6.07, 6.45) is 8.78. The number of nitrogens with one attached hydrogen (secondary N) is 1. The molecule has 0 atom stereocenters. The highest BCUT2D eigenvalue weighted by Crippen LogP contribution is 2.21. The Labute approximate surface area is 125 Å². The lowest BCUT2D eigenvalue weighted by molar-refractivity contribution is 0.0500. The zero-order chi connectivity index (χ0) is 15.1. The predicted molar refractivity (Wildman–Crippen MR) is 86.4 cm³/mol. The Morgan fingerprint density at radius 1 is 1.19 bits per heavy atom. The Balaban J connectivity index is 1.80. The summed E-state index contributed by atoms with van der Waals surface area (Å²) in [6.45, 7) is 2.70. The van der Waals surface area contributed by atoms with Crippen molar-refractivity contribution in [2.24, 2.45) is 0 Å². The largest absolute Gasteiger partial charge is 0.462 e. The van der Waals surface area contributed by atoms with Crippen LogP contribution in [0.5, 0.6) is 0 Å². The van der Waals surface area contributed by atoms with E-state index < -0.39 is 0 Å². The SMILES string of the molecule is CCCCCCCCOC(=O)c1c[nH]c2cc(N)ccc12. The lowest BCUT2D eigenvalue weighted by atomic mass is 10.1. The lowest BCUT2D eigenvalue weighted by Crippen LogP contribution is -2.05. The van der Waals surface area contributed by atoms with E-state index in [1.54, 1.807) is 12.3 Å². The van der Waals surface area contributed by atoms with E-state index in [4.69, 9.17) is 10.5 Å². The average molecular weight is 288 g/mol. The van der Waals surface area contributed by atoms with Gasteiger partial charge in [0.25, 0.3) is 0 Å². The van der Waals surface area contributed by atoms with Crippen molar-refractivity contribution in [3.8, 4) is 0 Å². The van der Waals surface area contributed by atoms with Crippen LogP contribution in [0.4, 0.5) is 5.69 Å². The van der Waals surface area contributed by atoms with Crippen LogP contribution in [0.25, 0.3) is 10.9 Å². The van der Waals surface area contributed by atoms with E-state index in [9.17, 15) is 4.79 Å². The first-order valence-electron chi connectivity index (χ1n) is 7.76. The van der Waals surface area contributed by atoms with Crippen molar-refractivity contribution in [1.29, 1.82) is 0 Å². The van der Waals surface area contributed by atoms with Gasteiger partial charge in [0.15, 0.2) is 0 Å². The number of nitrogen functional groups attached to an aromatic ring is 1. The monoisotopic (exact) mass is 288 g/mol. The molecule has 0 aliphatic heterocycles. The lowest BCUT2D eigenvalue weighted by Gasteiger charge is -2.04. The molecule has 0 spiro atoms. The number of fused-ring (bicyclic) bond motifs is 1. The zero-order valence-electron chi connectivity index (χ0n) is 12.7. The van der Waals surface area contributed by atoms with Crippen molar-refractivity contribution in [2.45, 2.75) is 45.4 Å². The van der Waals surface area contributed by atoms with E-state index in [0.717, 1.165) is 23.7 Å². The van der Waals surface area contributed by atoms with Crippen LogP contribution in [-0.2, 0) is 4.74 Å². The van der Waals surface area contributed by atoms with Gasteiger partial charge in [0.1, 0.15) is 0 Å². The third kappa shape index (κ3) is 4.25. The standard InChI is InChI=1S/C17H24N2O2/c1-2-3-4-5-6-7-10-21-17(20)15-12-19-16-11-13(18)8-9-14(15)16/h8-9,11-12,19H,2-7,10,18H2,1H3. The summed E-state index contributed by atoms with van der Waals surface area (Å²) in [4.78, 5) is 15.1. The van der Waals surface area contributed by atoms with Gasteiger partial charge in [0, 0.05) is 22.8 Å². The third-order valence-corrected chi connectivity index (χ3v) is 3.66. The predicted octanol–water partition coefficient (Wildman–Crippen LogP) is 4.27. The van der Waals surface area contributed by atoms with Gasteiger partial charge in [-0.2, -0.15) is 0 Å². The molecule has 2 rings (SSSR count). The fourth-order valence-corrected chi connectivity index (χ4v) is 2.44. The van der Waals surface area contributed by atoms with Gasteiger partial charge in [-0.1, -0.05) is 39.0 Å². The summed E-state index contributed by atoms with van der Waals surface area (Å²) in [6, 6.07) is 5.46. The highest BCUT2D eigenvalue weighted by Gasteiger charge is 2.13. The molecule has 0 unspecified atom stereocenters. The van der Waals surface area contributed by atoms with Crippen LogP contribution in [0.1, 0.15) is 55.8 Å². The molecule has 4 nitrogen and oxygen atoms in total.